The van der Waals surface area contributed by atoms with Crippen LogP contribution in [0.15, 0.2) is 30.3 Å². The molecule has 0 aliphatic carbocycles. The van der Waals surface area contributed by atoms with Gasteiger partial charge in [-0.25, -0.2) is 0 Å². The summed E-state index contributed by atoms with van der Waals surface area (Å²) in [6.45, 7) is 5.15. The average Bonchev–Trinajstić information content (AvgIpc) is 3.06. The van der Waals surface area contributed by atoms with Crippen LogP contribution in [0.25, 0.3) is 5.69 Å². The summed E-state index contributed by atoms with van der Waals surface area (Å²) in [5.41, 5.74) is 7.44. The van der Waals surface area contributed by atoms with E-state index in [1.807, 2.05) is 30.3 Å². The van der Waals surface area contributed by atoms with E-state index in [1.165, 1.54) is 0 Å². The molecule has 7 nitrogen and oxygen atoms in total. The fourth-order valence-corrected chi connectivity index (χ4v) is 2.51. The molecular formula is C13H19N7. The summed E-state index contributed by atoms with van der Waals surface area (Å²) >= 11 is 0. The lowest BCUT2D eigenvalue weighted by Crippen LogP contribution is -2.30. The zero-order valence-corrected chi connectivity index (χ0v) is 11.6. The maximum atomic E-state index is 4.05. The Morgan fingerprint density at radius 3 is 2.55 bits per heavy atom. The molecule has 0 amide bonds. The molecule has 2 atom stereocenters. The highest BCUT2D eigenvalue weighted by Gasteiger charge is 2.29. The van der Waals surface area contributed by atoms with Crippen LogP contribution in [0.2, 0.25) is 0 Å². The minimum absolute atomic E-state index is 0.415. The summed E-state index contributed by atoms with van der Waals surface area (Å²) < 4.78 is 1.71. The van der Waals surface area contributed by atoms with Crippen LogP contribution in [0.3, 0.4) is 0 Å². The van der Waals surface area contributed by atoms with Crippen LogP contribution in [0.5, 0.6) is 0 Å². The highest BCUT2D eigenvalue weighted by molar-refractivity contribution is 5.38. The van der Waals surface area contributed by atoms with Crippen LogP contribution < -0.4 is 16.2 Å². The van der Waals surface area contributed by atoms with Crippen LogP contribution >= 0.6 is 0 Å². The molecular weight excluding hydrogens is 254 g/mol. The minimum atomic E-state index is 0.415. The van der Waals surface area contributed by atoms with Gasteiger partial charge < -0.3 is 5.32 Å². The van der Waals surface area contributed by atoms with Crippen molar-refractivity contribution in [3.63, 3.8) is 0 Å². The molecule has 0 spiro atoms. The number of hydrazine groups is 1. The van der Waals surface area contributed by atoms with Gasteiger partial charge in [-0.1, -0.05) is 23.3 Å². The van der Waals surface area contributed by atoms with Gasteiger partial charge in [-0.3, -0.25) is 10.9 Å². The number of hydrogen-bond acceptors (Lipinski definition) is 6. The standard InChI is InChI=1S/C13H19N7/c1-9-12(10(2)16-15-9)8-14-13-17-18-19-20(13)11-6-4-3-5-7-11/h3-7,9-10,12,15-16H,8H2,1-2H3,(H,14,17,19). The molecule has 1 aromatic heterocycles. The van der Waals surface area contributed by atoms with E-state index in [2.05, 4.69) is 45.5 Å². The molecule has 1 aromatic carbocycles. The topological polar surface area (TPSA) is 79.7 Å². The Bertz CT molecular complexity index is 543. The van der Waals surface area contributed by atoms with Gasteiger partial charge in [0.05, 0.1) is 5.69 Å². The van der Waals surface area contributed by atoms with E-state index < -0.39 is 0 Å². The smallest absolute Gasteiger partial charge is 0.247 e. The van der Waals surface area contributed by atoms with Crippen LogP contribution in [0, 0.1) is 5.92 Å². The van der Waals surface area contributed by atoms with Crippen LogP contribution in [0.4, 0.5) is 5.95 Å². The number of aromatic nitrogens is 4. The zero-order chi connectivity index (χ0) is 13.9. The summed E-state index contributed by atoms with van der Waals surface area (Å²) in [6.07, 6.45) is 0. The third-order valence-electron chi connectivity index (χ3n) is 3.79. The van der Waals surface area contributed by atoms with Gasteiger partial charge in [0, 0.05) is 24.5 Å². The van der Waals surface area contributed by atoms with E-state index in [1.54, 1.807) is 4.68 Å². The van der Waals surface area contributed by atoms with E-state index >= 15 is 0 Å². The Hall–Kier alpha value is -1.99. The Balaban J connectivity index is 1.71. The van der Waals surface area contributed by atoms with Gasteiger partial charge in [0.2, 0.25) is 5.95 Å². The Kier molecular flexibility index (Phi) is 3.62. The van der Waals surface area contributed by atoms with Crippen molar-refractivity contribution in [3.05, 3.63) is 30.3 Å². The molecule has 1 aliphatic heterocycles. The highest BCUT2D eigenvalue weighted by atomic mass is 15.6. The second-order valence-corrected chi connectivity index (χ2v) is 5.16. The van der Waals surface area contributed by atoms with E-state index in [0.29, 0.717) is 23.9 Å². The lowest BCUT2D eigenvalue weighted by atomic mass is 9.97. The van der Waals surface area contributed by atoms with Gasteiger partial charge >= 0.3 is 0 Å². The Morgan fingerprint density at radius 2 is 1.85 bits per heavy atom. The van der Waals surface area contributed by atoms with E-state index in [-0.39, 0.29) is 0 Å². The molecule has 106 valence electrons. The third-order valence-corrected chi connectivity index (χ3v) is 3.79. The van der Waals surface area contributed by atoms with Crippen molar-refractivity contribution in [2.75, 3.05) is 11.9 Å². The molecule has 7 heteroatoms. The van der Waals surface area contributed by atoms with Crippen molar-refractivity contribution in [1.29, 1.82) is 0 Å². The summed E-state index contributed by atoms with van der Waals surface area (Å²) in [4.78, 5) is 0. The maximum Gasteiger partial charge on any atom is 0.247 e. The molecule has 20 heavy (non-hydrogen) atoms. The Morgan fingerprint density at radius 1 is 1.15 bits per heavy atom. The predicted octanol–water partition coefficient (Wildman–Crippen LogP) is 0.575. The first-order chi connectivity index (χ1) is 9.75. The first-order valence-electron chi connectivity index (χ1n) is 6.84. The van der Waals surface area contributed by atoms with Gasteiger partial charge in [0.1, 0.15) is 0 Å². The lowest BCUT2D eigenvalue weighted by Gasteiger charge is -2.18. The van der Waals surface area contributed by atoms with Crippen molar-refractivity contribution in [3.8, 4) is 5.69 Å². The van der Waals surface area contributed by atoms with Gasteiger partial charge in [-0.15, -0.1) is 0 Å². The number of rotatable bonds is 4. The first-order valence-corrected chi connectivity index (χ1v) is 6.84. The largest absolute Gasteiger partial charge is 0.352 e. The lowest BCUT2D eigenvalue weighted by molar-refractivity contribution is 0.465. The van der Waals surface area contributed by atoms with Crippen molar-refractivity contribution >= 4 is 5.95 Å². The van der Waals surface area contributed by atoms with Crippen LogP contribution in [-0.4, -0.2) is 38.8 Å². The molecule has 1 saturated heterocycles. The number of nitrogens with one attached hydrogen (secondary N) is 3. The highest BCUT2D eigenvalue weighted by Crippen LogP contribution is 2.16. The molecule has 2 unspecified atom stereocenters. The number of nitrogens with zero attached hydrogens (tertiary/aromatic N) is 4. The molecule has 0 bridgehead atoms. The SMILES string of the molecule is CC1NNC(C)C1CNc1nnnn1-c1ccccc1. The molecule has 3 N–H and O–H groups in total. The zero-order valence-electron chi connectivity index (χ0n) is 11.6. The monoisotopic (exact) mass is 273 g/mol. The second kappa shape index (κ2) is 5.56. The van der Waals surface area contributed by atoms with Gasteiger partial charge in [0.15, 0.2) is 0 Å². The van der Waals surface area contributed by atoms with Gasteiger partial charge in [-0.05, 0) is 36.4 Å². The summed E-state index contributed by atoms with van der Waals surface area (Å²) in [6, 6.07) is 10.7. The fourth-order valence-electron chi connectivity index (χ4n) is 2.51. The molecule has 1 aliphatic rings. The third kappa shape index (κ3) is 2.50. The van der Waals surface area contributed by atoms with Gasteiger partial charge in [0.25, 0.3) is 0 Å². The number of hydrogen-bond donors (Lipinski definition) is 3. The number of para-hydroxylation sites is 1. The number of benzene rings is 1. The van der Waals surface area contributed by atoms with E-state index in [4.69, 9.17) is 0 Å². The van der Waals surface area contributed by atoms with Crippen LogP contribution in [0.1, 0.15) is 13.8 Å². The van der Waals surface area contributed by atoms with Crippen molar-refractivity contribution in [2.24, 2.45) is 5.92 Å². The molecule has 0 saturated carbocycles. The normalized spacial score (nSPS) is 25.8. The number of tetrazole rings is 1. The fraction of sp³-hybridized carbons (Fsp3) is 0.462. The van der Waals surface area contributed by atoms with E-state index in [9.17, 15) is 0 Å². The summed E-state index contributed by atoms with van der Waals surface area (Å²) in [5, 5.41) is 15.2. The van der Waals surface area contributed by atoms with Crippen molar-refractivity contribution in [1.82, 2.24) is 31.1 Å². The minimum Gasteiger partial charge on any atom is -0.352 e. The van der Waals surface area contributed by atoms with Gasteiger partial charge in [-0.2, -0.15) is 4.68 Å². The molecule has 2 heterocycles. The van der Waals surface area contributed by atoms with E-state index in [0.717, 1.165) is 12.2 Å². The first kappa shape index (κ1) is 13.0. The second-order valence-electron chi connectivity index (χ2n) is 5.16. The maximum absolute atomic E-state index is 4.05. The quantitative estimate of drug-likeness (QED) is 0.756. The summed E-state index contributed by atoms with van der Waals surface area (Å²) in [5.74, 6) is 1.15. The predicted molar refractivity (Wildman–Crippen MR) is 76.3 cm³/mol. The molecule has 2 aromatic rings. The van der Waals surface area contributed by atoms with Crippen molar-refractivity contribution in [2.45, 2.75) is 25.9 Å². The summed E-state index contributed by atoms with van der Waals surface area (Å²) in [7, 11) is 0. The van der Waals surface area contributed by atoms with Crippen LogP contribution in [-0.2, 0) is 0 Å². The Labute approximate surface area is 117 Å². The average molecular weight is 273 g/mol. The molecule has 3 rings (SSSR count). The number of anilines is 1. The molecule has 1 fully saturated rings. The molecule has 0 radical (unpaired) electrons. The van der Waals surface area contributed by atoms with Crippen molar-refractivity contribution < 1.29 is 0 Å².